The Morgan fingerprint density at radius 2 is 1.00 bits per heavy atom. The molecule has 0 N–H and O–H groups in total. The summed E-state index contributed by atoms with van der Waals surface area (Å²) in [5.74, 6) is -0.00789. The zero-order valence-electron chi connectivity index (χ0n) is 16.4. The molecule has 0 aliphatic carbocycles. The summed E-state index contributed by atoms with van der Waals surface area (Å²) in [4.78, 5) is 11.8. The fraction of sp³-hybridized carbons (Fsp3) is 0.950. The third-order valence-corrected chi connectivity index (χ3v) is 14.3. The van der Waals surface area contributed by atoms with Crippen LogP contribution in [0.25, 0.3) is 0 Å². The van der Waals surface area contributed by atoms with Crippen LogP contribution in [0.4, 0.5) is 0 Å². The van der Waals surface area contributed by atoms with Crippen molar-refractivity contribution in [2.75, 3.05) is 0 Å². The Bertz CT molecular complexity index is 248. The van der Waals surface area contributed by atoms with Gasteiger partial charge in [-0.1, -0.05) is 0 Å². The van der Waals surface area contributed by atoms with Crippen LogP contribution in [0.1, 0.15) is 105 Å². The standard InChI is InChI=1S/C20H42GeO2/c1-5-8-11-14-17-21(23-20(4)22,18-15-12-9-6-2)19-16-13-10-7-3/h5-19H2,1-4H3. The van der Waals surface area contributed by atoms with Gasteiger partial charge in [0.25, 0.3) is 0 Å². The Morgan fingerprint density at radius 1 is 0.652 bits per heavy atom. The average Bonchev–Trinajstić information content (AvgIpc) is 2.52. The summed E-state index contributed by atoms with van der Waals surface area (Å²) in [7, 11) is 0. The molecule has 0 saturated carbocycles. The Kier molecular flexibility index (Phi) is 15.5. The van der Waals surface area contributed by atoms with E-state index in [1.165, 1.54) is 92.8 Å². The molecule has 0 spiro atoms. The van der Waals surface area contributed by atoms with Crippen LogP contribution in [0.3, 0.4) is 0 Å². The van der Waals surface area contributed by atoms with Gasteiger partial charge in [-0.25, -0.2) is 0 Å². The second kappa shape index (κ2) is 15.5. The van der Waals surface area contributed by atoms with E-state index in [0.29, 0.717) is 0 Å². The van der Waals surface area contributed by atoms with Crippen LogP contribution in [0.5, 0.6) is 0 Å². The van der Waals surface area contributed by atoms with Crippen molar-refractivity contribution in [2.45, 2.75) is 121 Å². The molecule has 138 valence electrons. The van der Waals surface area contributed by atoms with Crippen LogP contribution in [-0.4, -0.2) is 19.6 Å². The Balaban J connectivity index is 4.61. The second-order valence-electron chi connectivity index (χ2n) is 7.21. The van der Waals surface area contributed by atoms with Crippen molar-refractivity contribution in [3.8, 4) is 0 Å². The molecule has 0 saturated heterocycles. The molecule has 3 heteroatoms. The summed E-state index contributed by atoms with van der Waals surface area (Å²) in [5.41, 5.74) is 0. The minimum atomic E-state index is -2.45. The van der Waals surface area contributed by atoms with Crippen LogP contribution in [0, 0.1) is 0 Å². The zero-order valence-corrected chi connectivity index (χ0v) is 18.5. The number of hydrogen-bond acceptors (Lipinski definition) is 2. The first-order valence-corrected chi connectivity index (χ1v) is 15.6. The SMILES string of the molecule is CCCCC[CH2][Ge]([CH2]CCCCC)([CH2]CCCCC)[O]C(C)=O. The molecule has 0 aromatic carbocycles. The predicted molar refractivity (Wildman–Crippen MR) is 104 cm³/mol. The summed E-state index contributed by atoms with van der Waals surface area (Å²) in [6.07, 6.45) is 15.6. The van der Waals surface area contributed by atoms with Gasteiger partial charge in [-0.2, -0.15) is 0 Å². The fourth-order valence-corrected chi connectivity index (χ4v) is 12.6. The van der Waals surface area contributed by atoms with Crippen LogP contribution in [0.2, 0.25) is 15.8 Å². The van der Waals surface area contributed by atoms with Crippen molar-refractivity contribution in [3.63, 3.8) is 0 Å². The van der Waals surface area contributed by atoms with Gasteiger partial charge in [-0.05, 0) is 0 Å². The van der Waals surface area contributed by atoms with Crippen molar-refractivity contribution in [1.29, 1.82) is 0 Å². The summed E-state index contributed by atoms with van der Waals surface area (Å²) in [5, 5.41) is 3.74. The molecule has 23 heavy (non-hydrogen) atoms. The normalized spacial score (nSPS) is 11.7. The molecule has 0 aliphatic rings. The molecular weight excluding hydrogens is 345 g/mol. The van der Waals surface area contributed by atoms with Crippen molar-refractivity contribution in [3.05, 3.63) is 0 Å². The number of rotatable bonds is 16. The average molecular weight is 387 g/mol. The van der Waals surface area contributed by atoms with Crippen molar-refractivity contribution in [2.24, 2.45) is 0 Å². The van der Waals surface area contributed by atoms with Gasteiger partial charge in [-0.3, -0.25) is 0 Å². The predicted octanol–water partition coefficient (Wildman–Crippen LogP) is 7.24. The van der Waals surface area contributed by atoms with E-state index in [-0.39, 0.29) is 5.97 Å². The van der Waals surface area contributed by atoms with Crippen molar-refractivity contribution < 1.29 is 8.56 Å². The van der Waals surface area contributed by atoms with E-state index in [1.54, 1.807) is 6.92 Å². The quantitative estimate of drug-likeness (QED) is 0.206. The molecule has 0 aromatic heterocycles. The maximum atomic E-state index is 11.8. The molecule has 0 atom stereocenters. The number of carbonyl (C=O) groups is 1. The Labute approximate surface area is 148 Å². The van der Waals surface area contributed by atoms with Crippen LogP contribution < -0.4 is 0 Å². The van der Waals surface area contributed by atoms with E-state index in [1.807, 2.05) is 0 Å². The molecule has 2 nitrogen and oxygen atoms in total. The molecule has 0 rings (SSSR count). The van der Waals surface area contributed by atoms with E-state index in [9.17, 15) is 4.79 Å². The van der Waals surface area contributed by atoms with E-state index in [4.69, 9.17) is 3.76 Å². The van der Waals surface area contributed by atoms with Gasteiger partial charge in [0.05, 0.1) is 0 Å². The number of carbonyl (C=O) groups excluding carboxylic acids is 1. The first kappa shape index (κ1) is 23.0. The Morgan fingerprint density at radius 3 is 1.26 bits per heavy atom. The van der Waals surface area contributed by atoms with Gasteiger partial charge in [-0.15, -0.1) is 0 Å². The Hall–Kier alpha value is 0.0129. The van der Waals surface area contributed by atoms with E-state index >= 15 is 0 Å². The third-order valence-electron chi connectivity index (χ3n) is 4.82. The van der Waals surface area contributed by atoms with Gasteiger partial charge in [0.15, 0.2) is 0 Å². The molecule has 0 aromatic rings. The van der Waals surface area contributed by atoms with E-state index in [0.717, 1.165) is 0 Å². The van der Waals surface area contributed by atoms with E-state index in [2.05, 4.69) is 20.8 Å². The van der Waals surface area contributed by atoms with Gasteiger partial charge in [0, 0.05) is 0 Å². The summed E-state index contributed by atoms with van der Waals surface area (Å²) in [6, 6.07) is 0. The topological polar surface area (TPSA) is 26.3 Å². The summed E-state index contributed by atoms with van der Waals surface area (Å²) < 4.78 is 6.13. The molecule has 0 aliphatic heterocycles. The molecular formula is C20H42GeO2. The molecule has 0 amide bonds. The minimum absolute atomic E-state index is 0.00789. The van der Waals surface area contributed by atoms with Crippen molar-refractivity contribution in [1.82, 2.24) is 0 Å². The number of unbranched alkanes of at least 4 members (excludes halogenated alkanes) is 9. The first-order valence-electron chi connectivity index (χ1n) is 10.3. The molecule has 0 bridgehead atoms. The monoisotopic (exact) mass is 388 g/mol. The van der Waals surface area contributed by atoms with Gasteiger partial charge < -0.3 is 0 Å². The molecule has 0 unspecified atom stereocenters. The van der Waals surface area contributed by atoms with Gasteiger partial charge >= 0.3 is 149 Å². The van der Waals surface area contributed by atoms with Gasteiger partial charge in [0.1, 0.15) is 0 Å². The van der Waals surface area contributed by atoms with E-state index < -0.39 is 13.6 Å². The van der Waals surface area contributed by atoms with Crippen LogP contribution >= 0.6 is 0 Å². The third kappa shape index (κ3) is 13.0. The second-order valence-corrected chi connectivity index (χ2v) is 15.7. The summed E-state index contributed by atoms with van der Waals surface area (Å²) in [6.45, 7) is 8.41. The first-order chi connectivity index (χ1) is 11.1. The zero-order chi connectivity index (χ0) is 17.4. The number of hydrogen-bond donors (Lipinski definition) is 0. The van der Waals surface area contributed by atoms with Gasteiger partial charge in [0.2, 0.25) is 0 Å². The maximum absolute atomic E-state index is 11.8. The fourth-order valence-electron chi connectivity index (χ4n) is 3.45. The van der Waals surface area contributed by atoms with Crippen LogP contribution in [0.15, 0.2) is 0 Å². The molecule has 0 fully saturated rings. The molecule has 0 radical (unpaired) electrons. The van der Waals surface area contributed by atoms with Crippen molar-refractivity contribution >= 4 is 19.6 Å². The summed E-state index contributed by atoms with van der Waals surface area (Å²) >= 11 is -2.45. The van der Waals surface area contributed by atoms with Crippen LogP contribution in [-0.2, 0) is 8.56 Å². The molecule has 0 heterocycles.